The second kappa shape index (κ2) is 2.00. The smallest absolute Gasteiger partial charge is 0.248 e. The van der Waals surface area contributed by atoms with Crippen LogP contribution >= 0.6 is 11.8 Å². The molecule has 4 heteroatoms. The van der Waals surface area contributed by atoms with Crippen molar-refractivity contribution in [3.8, 4) is 0 Å². The molecule has 0 heterocycles. The summed E-state index contributed by atoms with van der Waals surface area (Å²) in [5, 5.41) is 0. The molecule has 0 aromatic heterocycles. The lowest BCUT2D eigenvalue weighted by Gasteiger charge is -1.97. The van der Waals surface area contributed by atoms with E-state index >= 15 is 0 Å². The molecule has 6 heavy (non-hydrogen) atoms. The summed E-state index contributed by atoms with van der Waals surface area (Å²) in [5.74, 6) is 4.32. The number of amides is 1. The second-order valence-electron chi connectivity index (χ2n) is 0.830. The van der Waals surface area contributed by atoms with E-state index in [2.05, 4.69) is 5.84 Å². The third-order valence-corrected chi connectivity index (χ3v) is 0.539. The van der Waals surface area contributed by atoms with E-state index < -0.39 is 0 Å². The number of nitrogens with zero attached hydrogens (tertiary/aromatic N) is 1. The van der Waals surface area contributed by atoms with Gasteiger partial charge in [0, 0.05) is 18.7 Å². The molecule has 36 valence electrons. The second-order valence-corrected chi connectivity index (χ2v) is 1.19. The van der Waals surface area contributed by atoms with E-state index in [1.807, 2.05) is 0 Å². The zero-order valence-electron chi connectivity index (χ0n) is 3.31. The van der Waals surface area contributed by atoms with Crippen LogP contribution < -0.4 is 5.84 Å². The first-order valence-corrected chi connectivity index (χ1v) is 1.69. The normalized spacial score (nSPS) is 7.83. The van der Waals surface area contributed by atoms with Crippen LogP contribution in [0.4, 0.5) is 0 Å². The number of carbonyl (C=O) groups excluding carboxylic acids is 1. The summed E-state index contributed by atoms with van der Waals surface area (Å²) in [7, 11) is 0. The van der Waals surface area contributed by atoms with Crippen molar-refractivity contribution >= 4 is 17.7 Å². The Balaban J connectivity index is 3.26. The van der Waals surface area contributed by atoms with Crippen LogP contribution in [0.1, 0.15) is 6.92 Å². The average Bonchev–Trinajstić information content (AvgIpc) is 1.36. The maximum absolute atomic E-state index is 9.81. The zero-order valence-corrected chi connectivity index (χ0v) is 4.07. The van der Waals surface area contributed by atoms with Crippen LogP contribution in [0.2, 0.25) is 0 Å². The molecule has 0 aliphatic rings. The molecule has 0 bridgehead atoms. The summed E-state index contributed by atoms with van der Waals surface area (Å²) in [6.07, 6.45) is 0. The Morgan fingerprint density at radius 3 is 2.17 bits per heavy atom. The summed E-state index contributed by atoms with van der Waals surface area (Å²) < 4.78 is 0.500. The van der Waals surface area contributed by atoms with Gasteiger partial charge >= 0.3 is 0 Å². The predicted molar refractivity (Wildman–Crippen MR) is 22.6 cm³/mol. The van der Waals surface area contributed by atoms with Crippen LogP contribution in [0.5, 0.6) is 0 Å². The highest BCUT2D eigenvalue weighted by atomic mass is 35.5. The first-order chi connectivity index (χ1) is 2.64. The molecule has 0 aromatic rings. The SMILES string of the molecule is CC(=O)N(N)Cl. The van der Waals surface area contributed by atoms with Gasteiger partial charge in [0.05, 0.1) is 0 Å². The van der Waals surface area contributed by atoms with E-state index in [1.165, 1.54) is 6.92 Å². The summed E-state index contributed by atoms with van der Waals surface area (Å²) >= 11 is 4.87. The molecular weight excluding hydrogens is 103 g/mol. The van der Waals surface area contributed by atoms with E-state index in [1.54, 1.807) is 0 Å². The van der Waals surface area contributed by atoms with Gasteiger partial charge in [-0.25, -0.2) is 5.84 Å². The molecule has 3 nitrogen and oxygen atoms in total. The Hall–Kier alpha value is -0.280. The minimum atomic E-state index is -0.364. The van der Waals surface area contributed by atoms with Crippen molar-refractivity contribution in [1.82, 2.24) is 4.53 Å². The minimum absolute atomic E-state index is 0.364. The van der Waals surface area contributed by atoms with Crippen LogP contribution in [0, 0.1) is 0 Å². The third kappa shape index (κ3) is 1.99. The van der Waals surface area contributed by atoms with Crippen LogP contribution in [0.25, 0.3) is 0 Å². The Kier molecular flexibility index (Phi) is 1.90. The van der Waals surface area contributed by atoms with Crippen molar-refractivity contribution in [2.75, 3.05) is 0 Å². The predicted octanol–water partition coefficient (Wildman–Crippen LogP) is -0.138. The van der Waals surface area contributed by atoms with Crippen molar-refractivity contribution in [3.05, 3.63) is 0 Å². The van der Waals surface area contributed by atoms with Crippen LogP contribution in [-0.4, -0.2) is 10.4 Å². The standard InChI is InChI=1S/C2H5ClN2O/c1-2(6)5(3)4/h4H2,1H3. The van der Waals surface area contributed by atoms with Gasteiger partial charge in [0.15, 0.2) is 0 Å². The number of hydrogen-bond acceptors (Lipinski definition) is 2. The van der Waals surface area contributed by atoms with Gasteiger partial charge in [0.25, 0.3) is 0 Å². The van der Waals surface area contributed by atoms with Crippen LogP contribution in [0.15, 0.2) is 0 Å². The lowest BCUT2D eigenvalue weighted by Crippen LogP contribution is -2.24. The van der Waals surface area contributed by atoms with E-state index in [0.29, 0.717) is 4.53 Å². The number of rotatable bonds is 0. The Labute approximate surface area is 40.8 Å². The molecule has 0 atom stereocenters. The highest BCUT2D eigenvalue weighted by molar-refractivity contribution is 6.20. The Bertz CT molecular complexity index is 62.6. The van der Waals surface area contributed by atoms with Gasteiger partial charge in [-0.1, -0.05) is 0 Å². The monoisotopic (exact) mass is 108 g/mol. The van der Waals surface area contributed by atoms with Crippen molar-refractivity contribution in [1.29, 1.82) is 0 Å². The molecule has 0 unspecified atom stereocenters. The summed E-state index contributed by atoms with van der Waals surface area (Å²) in [5.41, 5.74) is 0. The fourth-order valence-corrected chi connectivity index (χ4v) is 0. The molecule has 0 radical (unpaired) electrons. The molecule has 0 rings (SSSR count). The van der Waals surface area contributed by atoms with Gasteiger partial charge < -0.3 is 0 Å². The molecule has 0 fully saturated rings. The summed E-state index contributed by atoms with van der Waals surface area (Å²) in [4.78, 5) is 9.81. The van der Waals surface area contributed by atoms with Crippen molar-refractivity contribution < 1.29 is 4.79 Å². The van der Waals surface area contributed by atoms with E-state index in [4.69, 9.17) is 11.8 Å². The number of halogens is 1. The topological polar surface area (TPSA) is 46.3 Å². The minimum Gasteiger partial charge on any atom is -0.272 e. The Morgan fingerprint density at radius 1 is 2.00 bits per heavy atom. The maximum Gasteiger partial charge on any atom is 0.248 e. The number of nitrogens with two attached hydrogens (primary N) is 1. The lowest BCUT2D eigenvalue weighted by molar-refractivity contribution is -0.124. The van der Waals surface area contributed by atoms with Crippen molar-refractivity contribution in [2.24, 2.45) is 5.84 Å². The van der Waals surface area contributed by atoms with E-state index in [9.17, 15) is 4.79 Å². The van der Waals surface area contributed by atoms with Crippen LogP contribution in [0.3, 0.4) is 0 Å². The van der Waals surface area contributed by atoms with Gasteiger partial charge in [0.2, 0.25) is 5.91 Å². The van der Waals surface area contributed by atoms with Crippen LogP contribution in [-0.2, 0) is 4.79 Å². The van der Waals surface area contributed by atoms with E-state index in [-0.39, 0.29) is 5.91 Å². The molecule has 2 N–H and O–H groups in total. The first-order valence-electron chi connectivity index (χ1n) is 1.35. The average molecular weight is 109 g/mol. The summed E-state index contributed by atoms with van der Waals surface area (Å²) in [6.45, 7) is 1.27. The summed E-state index contributed by atoms with van der Waals surface area (Å²) in [6, 6.07) is 0. The third-order valence-electron chi connectivity index (χ3n) is 0.301. The van der Waals surface area contributed by atoms with Gasteiger partial charge in [-0.2, -0.15) is 4.53 Å². The van der Waals surface area contributed by atoms with Crippen molar-refractivity contribution in [2.45, 2.75) is 6.92 Å². The van der Waals surface area contributed by atoms with Gasteiger partial charge in [0.1, 0.15) is 0 Å². The lowest BCUT2D eigenvalue weighted by atomic mass is 10.8. The first kappa shape index (κ1) is 5.72. The number of hydrogen-bond donors (Lipinski definition) is 1. The molecule has 0 saturated heterocycles. The van der Waals surface area contributed by atoms with E-state index in [0.717, 1.165) is 0 Å². The number of carbonyl (C=O) groups is 1. The molecule has 0 aliphatic carbocycles. The molecule has 0 aliphatic heterocycles. The van der Waals surface area contributed by atoms with Crippen molar-refractivity contribution in [3.63, 3.8) is 0 Å². The largest absolute Gasteiger partial charge is 0.272 e. The molecule has 0 spiro atoms. The van der Waals surface area contributed by atoms with Gasteiger partial charge in [-0.05, 0) is 0 Å². The Morgan fingerprint density at radius 2 is 2.17 bits per heavy atom. The molecule has 1 amide bonds. The fourth-order valence-electron chi connectivity index (χ4n) is 0. The maximum atomic E-state index is 9.81. The number of hydrazine groups is 1. The highest BCUT2D eigenvalue weighted by Crippen LogP contribution is 1.79. The highest BCUT2D eigenvalue weighted by Gasteiger charge is 1.92. The molecule has 0 aromatic carbocycles. The van der Waals surface area contributed by atoms with Gasteiger partial charge in [-0.15, -0.1) is 0 Å². The molecular formula is C2H5ClN2O. The quantitative estimate of drug-likeness (QED) is 0.203. The molecule has 0 saturated carbocycles. The van der Waals surface area contributed by atoms with Gasteiger partial charge in [-0.3, -0.25) is 4.79 Å². The fraction of sp³-hybridized carbons (Fsp3) is 0.500. The zero-order chi connectivity index (χ0) is 5.15.